The van der Waals surface area contributed by atoms with Crippen molar-refractivity contribution in [2.24, 2.45) is 0 Å². The fourth-order valence-corrected chi connectivity index (χ4v) is 3.64. The van der Waals surface area contributed by atoms with Crippen LogP contribution in [0.25, 0.3) is 0 Å². The number of hydrogen-bond acceptors (Lipinski definition) is 1. The quantitative estimate of drug-likeness (QED) is 0.770. The molecule has 2 heterocycles. The van der Waals surface area contributed by atoms with E-state index < -0.39 is 0 Å². The van der Waals surface area contributed by atoms with Gasteiger partial charge >= 0.3 is 0 Å². The molecule has 1 aromatic rings. The van der Waals surface area contributed by atoms with Crippen molar-refractivity contribution in [3.63, 3.8) is 0 Å². The molecule has 0 aliphatic carbocycles. The Hall–Kier alpha value is -1.13. The molecule has 0 unspecified atom stereocenters. The highest BCUT2D eigenvalue weighted by Crippen LogP contribution is 2.14. The molecule has 2 saturated heterocycles. The molecule has 0 aromatic heterocycles. The second-order valence-electron chi connectivity index (χ2n) is 6.52. The highest BCUT2D eigenvalue weighted by atomic mass is 19.1. The summed E-state index contributed by atoms with van der Waals surface area (Å²) in [6.45, 7) is 10.0. The lowest BCUT2D eigenvalue weighted by Crippen LogP contribution is -3.21. The summed E-state index contributed by atoms with van der Waals surface area (Å²) in [5.74, 6) is -0.146. The third-order valence-electron chi connectivity index (χ3n) is 5.06. The number of rotatable bonds is 4. The summed E-state index contributed by atoms with van der Waals surface area (Å²) in [7, 11) is 0. The van der Waals surface area contributed by atoms with Crippen LogP contribution in [0.15, 0.2) is 24.3 Å². The molecule has 2 aliphatic rings. The first kappa shape index (κ1) is 14.8. The fraction of sp³-hybridized carbons (Fsp3) is 0.647. The van der Waals surface area contributed by atoms with E-state index in [0.717, 1.165) is 18.8 Å². The Morgan fingerprint density at radius 3 is 2.00 bits per heavy atom. The monoisotopic (exact) mass is 293 g/mol. The Labute approximate surface area is 127 Å². The van der Waals surface area contributed by atoms with Crippen molar-refractivity contribution in [3.8, 4) is 0 Å². The van der Waals surface area contributed by atoms with Crippen molar-refractivity contribution in [2.45, 2.75) is 19.3 Å². The first-order chi connectivity index (χ1) is 10.3. The molecule has 2 fully saturated rings. The summed E-state index contributed by atoms with van der Waals surface area (Å²) in [6.07, 6.45) is 4.28. The topological polar surface area (TPSA) is 12.1 Å². The summed E-state index contributed by atoms with van der Waals surface area (Å²) in [4.78, 5) is 5.94. The van der Waals surface area contributed by atoms with E-state index in [2.05, 4.69) is 4.90 Å². The lowest BCUT2D eigenvalue weighted by Gasteiger charge is -2.34. The van der Waals surface area contributed by atoms with E-state index >= 15 is 0 Å². The van der Waals surface area contributed by atoms with Gasteiger partial charge in [0.25, 0.3) is 0 Å². The molecule has 2 aliphatic heterocycles. The van der Waals surface area contributed by atoms with Crippen LogP contribution in [0.1, 0.15) is 19.3 Å². The number of piperazine rings is 1. The molecule has 4 heteroatoms. The van der Waals surface area contributed by atoms with Crippen LogP contribution in [-0.2, 0) is 0 Å². The zero-order valence-corrected chi connectivity index (χ0v) is 12.9. The second-order valence-corrected chi connectivity index (χ2v) is 6.52. The first-order valence-corrected chi connectivity index (χ1v) is 8.49. The Morgan fingerprint density at radius 1 is 0.810 bits per heavy atom. The van der Waals surface area contributed by atoms with E-state index in [9.17, 15) is 4.39 Å². The smallest absolute Gasteiger partial charge is 0.127 e. The summed E-state index contributed by atoms with van der Waals surface area (Å²) < 4.78 is 13.0. The number of halogens is 1. The van der Waals surface area contributed by atoms with Gasteiger partial charge in [0.2, 0.25) is 0 Å². The maximum atomic E-state index is 13.0. The van der Waals surface area contributed by atoms with Gasteiger partial charge in [0.05, 0.1) is 39.3 Å². The van der Waals surface area contributed by atoms with Crippen molar-refractivity contribution >= 4 is 5.69 Å². The van der Waals surface area contributed by atoms with Crippen LogP contribution in [0.3, 0.4) is 0 Å². The van der Waals surface area contributed by atoms with E-state index in [1.54, 1.807) is 17.0 Å². The Balaban J connectivity index is 1.41. The summed E-state index contributed by atoms with van der Waals surface area (Å²) in [5, 5.41) is 0. The predicted molar refractivity (Wildman–Crippen MR) is 83.6 cm³/mol. The highest BCUT2D eigenvalue weighted by molar-refractivity contribution is 5.46. The fourth-order valence-electron chi connectivity index (χ4n) is 3.64. The van der Waals surface area contributed by atoms with Crippen molar-refractivity contribution in [1.82, 2.24) is 0 Å². The number of anilines is 1. The molecular weight excluding hydrogens is 265 g/mol. The molecule has 3 nitrogen and oxygen atoms in total. The number of piperidine rings is 1. The third-order valence-corrected chi connectivity index (χ3v) is 5.06. The number of likely N-dealkylation sites (tertiary alicyclic amines) is 1. The Bertz CT molecular complexity index is 420. The van der Waals surface area contributed by atoms with Crippen LogP contribution in [0.2, 0.25) is 0 Å². The van der Waals surface area contributed by atoms with Crippen LogP contribution in [-0.4, -0.2) is 52.4 Å². The molecule has 3 rings (SSSR count). The molecular formula is C17H28FN3+2. The standard InChI is InChI=1S/C17H26FN3/c18-16-4-6-17(7-5-16)21-14-12-20(13-15-21)11-10-19-8-2-1-3-9-19/h4-7H,1-3,8-15H2/p+2. The average Bonchev–Trinajstić information content (AvgIpc) is 2.55. The van der Waals surface area contributed by atoms with Crippen LogP contribution < -0.4 is 14.7 Å². The molecule has 0 bridgehead atoms. The maximum Gasteiger partial charge on any atom is 0.127 e. The van der Waals surface area contributed by atoms with Crippen LogP contribution in [0.5, 0.6) is 0 Å². The molecule has 2 N–H and O–H groups in total. The average molecular weight is 293 g/mol. The van der Waals surface area contributed by atoms with Gasteiger partial charge in [0, 0.05) is 5.69 Å². The zero-order valence-electron chi connectivity index (χ0n) is 12.9. The van der Waals surface area contributed by atoms with E-state index in [-0.39, 0.29) is 5.82 Å². The normalized spacial score (nSPS) is 21.7. The minimum Gasteiger partial charge on any atom is -0.360 e. The summed E-state index contributed by atoms with van der Waals surface area (Å²) in [5.41, 5.74) is 1.16. The minimum atomic E-state index is -0.146. The van der Waals surface area contributed by atoms with Crippen molar-refractivity contribution < 1.29 is 14.2 Å². The van der Waals surface area contributed by atoms with Crippen molar-refractivity contribution in [3.05, 3.63) is 30.1 Å². The number of quaternary nitrogens is 2. The number of nitrogens with zero attached hydrogens (tertiary/aromatic N) is 1. The number of nitrogens with one attached hydrogen (secondary N) is 2. The van der Waals surface area contributed by atoms with Gasteiger partial charge in [0.15, 0.2) is 0 Å². The molecule has 116 valence electrons. The number of hydrogen-bond donors (Lipinski definition) is 2. The van der Waals surface area contributed by atoms with Crippen molar-refractivity contribution in [2.75, 3.05) is 57.3 Å². The molecule has 0 spiro atoms. The Kier molecular flexibility index (Phi) is 5.09. The predicted octanol–water partition coefficient (Wildman–Crippen LogP) is -0.401. The van der Waals surface area contributed by atoms with Gasteiger partial charge < -0.3 is 14.7 Å². The van der Waals surface area contributed by atoms with Gasteiger partial charge in [-0.05, 0) is 43.5 Å². The van der Waals surface area contributed by atoms with E-state index in [1.807, 2.05) is 17.0 Å². The first-order valence-electron chi connectivity index (χ1n) is 8.49. The molecule has 0 amide bonds. The third kappa shape index (κ3) is 4.17. The number of benzene rings is 1. The van der Waals surface area contributed by atoms with Gasteiger partial charge in [-0.2, -0.15) is 0 Å². The van der Waals surface area contributed by atoms with Gasteiger partial charge in [-0.3, -0.25) is 0 Å². The molecule has 21 heavy (non-hydrogen) atoms. The van der Waals surface area contributed by atoms with Crippen molar-refractivity contribution in [1.29, 1.82) is 0 Å². The minimum absolute atomic E-state index is 0.146. The van der Waals surface area contributed by atoms with E-state index in [0.29, 0.717) is 0 Å². The Morgan fingerprint density at radius 2 is 1.38 bits per heavy atom. The van der Waals surface area contributed by atoms with Gasteiger partial charge in [0.1, 0.15) is 18.9 Å². The SMILES string of the molecule is Fc1ccc(N2CC[NH+](CC[NH+]3CCCCC3)CC2)cc1. The van der Waals surface area contributed by atoms with E-state index in [1.165, 1.54) is 58.5 Å². The largest absolute Gasteiger partial charge is 0.360 e. The zero-order chi connectivity index (χ0) is 14.5. The molecule has 0 radical (unpaired) electrons. The van der Waals surface area contributed by atoms with Gasteiger partial charge in [-0.1, -0.05) is 0 Å². The van der Waals surface area contributed by atoms with Crippen LogP contribution >= 0.6 is 0 Å². The molecule has 0 saturated carbocycles. The van der Waals surface area contributed by atoms with E-state index in [4.69, 9.17) is 0 Å². The molecule has 1 aromatic carbocycles. The maximum absolute atomic E-state index is 13.0. The van der Waals surface area contributed by atoms with Crippen LogP contribution in [0.4, 0.5) is 10.1 Å². The lowest BCUT2D eigenvalue weighted by molar-refractivity contribution is -0.959. The molecule has 0 atom stereocenters. The van der Waals surface area contributed by atoms with Gasteiger partial charge in [-0.25, -0.2) is 4.39 Å². The lowest BCUT2D eigenvalue weighted by atomic mass is 10.1. The van der Waals surface area contributed by atoms with Crippen LogP contribution in [0, 0.1) is 5.82 Å². The summed E-state index contributed by atoms with van der Waals surface area (Å²) in [6, 6.07) is 6.93. The van der Waals surface area contributed by atoms with Gasteiger partial charge in [-0.15, -0.1) is 0 Å². The second kappa shape index (κ2) is 7.23. The summed E-state index contributed by atoms with van der Waals surface area (Å²) >= 11 is 0. The highest BCUT2D eigenvalue weighted by Gasteiger charge is 2.22.